The van der Waals surface area contributed by atoms with Gasteiger partial charge in [0.25, 0.3) is 5.91 Å². The third-order valence-electron chi connectivity index (χ3n) is 3.38. The van der Waals surface area contributed by atoms with Crippen molar-refractivity contribution in [3.63, 3.8) is 0 Å². The van der Waals surface area contributed by atoms with Crippen LogP contribution in [0.25, 0.3) is 0 Å². The molecule has 0 radical (unpaired) electrons. The van der Waals surface area contributed by atoms with Crippen molar-refractivity contribution >= 4 is 11.6 Å². The van der Waals surface area contributed by atoms with Crippen molar-refractivity contribution in [3.05, 3.63) is 11.4 Å². The van der Waals surface area contributed by atoms with E-state index in [1.807, 2.05) is 11.8 Å². The molecule has 5 nitrogen and oxygen atoms in total. The summed E-state index contributed by atoms with van der Waals surface area (Å²) in [7, 11) is 0. The Balaban J connectivity index is 2.18. The Kier molecular flexibility index (Phi) is 2.85. The Hall–Kier alpha value is -1.52. The van der Waals surface area contributed by atoms with Crippen molar-refractivity contribution in [1.29, 1.82) is 0 Å². The fourth-order valence-electron chi connectivity index (χ4n) is 2.35. The highest BCUT2D eigenvalue weighted by Crippen LogP contribution is 2.29. The summed E-state index contributed by atoms with van der Waals surface area (Å²) < 4.78 is 0. The number of piperidine rings is 1. The van der Waals surface area contributed by atoms with Gasteiger partial charge in [-0.3, -0.25) is 9.89 Å². The average Bonchev–Trinajstić information content (AvgIpc) is 2.57. The van der Waals surface area contributed by atoms with Gasteiger partial charge in [0.1, 0.15) is 0 Å². The molecule has 0 spiro atoms. The largest absolute Gasteiger partial charge is 0.395 e. The van der Waals surface area contributed by atoms with E-state index in [4.69, 9.17) is 5.73 Å². The minimum atomic E-state index is -0.0559. The lowest BCUT2D eigenvalue weighted by atomic mass is 9.84. The molecule has 5 heteroatoms. The highest BCUT2D eigenvalue weighted by molar-refractivity contribution is 5.97. The summed E-state index contributed by atoms with van der Waals surface area (Å²) in [5, 5.41) is 6.75. The number of nitrogens with zero attached hydrogens (tertiary/aromatic N) is 2. The van der Waals surface area contributed by atoms with E-state index in [1.165, 1.54) is 0 Å². The van der Waals surface area contributed by atoms with Crippen molar-refractivity contribution in [2.75, 3.05) is 18.8 Å². The molecule has 0 bridgehead atoms. The number of H-pyrrole nitrogens is 1. The second kappa shape index (κ2) is 4.05. The first kappa shape index (κ1) is 12.0. The zero-order valence-electron chi connectivity index (χ0n) is 10.7. The first-order valence-electron chi connectivity index (χ1n) is 6.00. The number of carbonyl (C=O) groups is 1. The highest BCUT2D eigenvalue weighted by Gasteiger charge is 2.31. The zero-order valence-corrected chi connectivity index (χ0v) is 10.7. The number of nitrogens with one attached hydrogen (secondary N) is 1. The molecule has 94 valence electrons. The van der Waals surface area contributed by atoms with Crippen LogP contribution in [0.1, 0.15) is 42.9 Å². The topological polar surface area (TPSA) is 75.0 Å². The Bertz CT molecular complexity index is 436. The molecule has 0 saturated carbocycles. The van der Waals surface area contributed by atoms with Crippen LogP contribution in [0.4, 0.5) is 5.69 Å². The van der Waals surface area contributed by atoms with E-state index in [-0.39, 0.29) is 11.3 Å². The third-order valence-corrected chi connectivity index (χ3v) is 3.38. The number of hydrogen-bond donors (Lipinski definition) is 2. The van der Waals surface area contributed by atoms with Crippen LogP contribution in [0.3, 0.4) is 0 Å². The van der Waals surface area contributed by atoms with Crippen molar-refractivity contribution in [2.24, 2.45) is 5.41 Å². The molecule has 0 aliphatic carbocycles. The van der Waals surface area contributed by atoms with Crippen molar-refractivity contribution in [1.82, 2.24) is 15.1 Å². The number of hydrogen-bond acceptors (Lipinski definition) is 3. The molecule has 17 heavy (non-hydrogen) atoms. The van der Waals surface area contributed by atoms with E-state index in [1.54, 1.807) is 0 Å². The standard InChI is InChI=1S/C12H20N4O/c1-8-9(13)10(15-14-8)11(17)16-6-4-5-12(2,3)7-16/h4-7,13H2,1-3H3,(H,14,15). The molecule has 1 aromatic heterocycles. The number of rotatable bonds is 1. The number of nitrogens with two attached hydrogens (primary N) is 1. The predicted molar refractivity (Wildman–Crippen MR) is 66.7 cm³/mol. The monoisotopic (exact) mass is 236 g/mol. The molecule has 1 saturated heterocycles. The number of carbonyl (C=O) groups excluding carboxylic acids is 1. The van der Waals surface area contributed by atoms with Gasteiger partial charge in [-0.1, -0.05) is 13.8 Å². The number of nitrogen functional groups attached to an aromatic ring is 1. The van der Waals surface area contributed by atoms with Gasteiger partial charge in [0.15, 0.2) is 5.69 Å². The SMILES string of the molecule is Cc1[nH]nc(C(=O)N2CCCC(C)(C)C2)c1N. The van der Waals surface area contributed by atoms with Crippen LogP contribution < -0.4 is 5.73 Å². The predicted octanol–water partition coefficient (Wildman–Crippen LogP) is 1.56. The summed E-state index contributed by atoms with van der Waals surface area (Å²) >= 11 is 0. The Morgan fingerprint density at radius 3 is 2.76 bits per heavy atom. The number of likely N-dealkylation sites (tertiary alicyclic amines) is 1. The van der Waals surface area contributed by atoms with Crippen LogP contribution in [0.2, 0.25) is 0 Å². The van der Waals surface area contributed by atoms with Gasteiger partial charge in [0, 0.05) is 13.1 Å². The van der Waals surface area contributed by atoms with Gasteiger partial charge in [-0.25, -0.2) is 0 Å². The van der Waals surface area contributed by atoms with Crippen LogP contribution in [0, 0.1) is 12.3 Å². The lowest BCUT2D eigenvalue weighted by molar-refractivity contribution is 0.0578. The maximum absolute atomic E-state index is 12.3. The van der Waals surface area contributed by atoms with E-state index in [2.05, 4.69) is 24.0 Å². The lowest BCUT2D eigenvalue weighted by Gasteiger charge is -2.37. The van der Waals surface area contributed by atoms with Gasteiger partial charge in [0.05, 0.1) is 11.4 Å². The molecule has 1 fully saturated rings. The summed E-state index contributed by atoms with van der Waals surface area (Å²) in [6.07, 6.45) is 2.20. The third kappa shape index (κ3) is 2.28. The van der Waals surface area contributed by atoms with Crippen LogP contribution in [0.15, 0.2) is 0 Å². The van der Waals surface area contributed by atoms with Gasteiger partial charge in [-0.15, -0.1) is 0 Å². The second-order valence-electron chi connectivity index (χ2n) is 5.61. The first-order valence-corrected chi connectivity index (χ1v) is 6.00. The lowest BCUT2D eigenvalue weighted by Crippen LogP contribution is -2.43. The summed E-state index contributed by atoms with van der Waals surface area (Å²) in [4.78, 5) is 14.1. The van der Waals surface area contributed by atoms with E-state index in [0.717, 1.165) is 31.6 Å². The molecule has 1 aliphatic rings. The van der Waals surface area contributed by atoms with Crippen LogP contribution in [-0.4, -0.2) is 34.1 Å². The van der Waals surface area contributed by atoms with Crippen LogP contribution >= 0.6 is 0 Å². The maximum Gasteiger partial charge on any atom is 0.276 e. The molecule has 1 amide bonds. The fraction of sp³-hybridized carbons (Fsp3) is 0.667. The smallest absolute Gasteiger partial charge is 0.276 e. The van der Waals surface area contributed by atoms with Gasteiger partial charge in [-0.05, 0) is 25.2 Å². The van der Waals surface area contributed by atoms with Gasteiger partial charge < -0.3 is 10.6 Å². The molecule has 1 aromatic rings. The normalized spacial score (nSPS) is 19.4. The molecular formula is C12H20N4O. The van der Waals surface area contributed by atoms with Gasteiger partial charge >= 0.3 is 0 Å². The summed E-state index contributed by atoms with van der Waals surface area (Å²) in [6, 6.07) is 0. The number of aromatic amines is 1. The molecule has 1 aliphatic heterocycles. The molecule has 0 aromatic carbocycles. The highest BCUT2D eigenvalue weighted by atomic mass is 16.2. The molecule has 0 unspecified atom stereocenters. The van der Waals surface area contributed by atoms with Crippen molar-refractivity contribution in [3.8, 4) is 0 Å². The van der Waals surface area contributed by atoms with E-state index >= 15 is 0 Å². The minimum Gasteiger partial charge on any atom is -0.395 e. The van der Waals surface area contributed by atoms with Gasteiger partial charge in [0.2, 0.25) is 0 Å². The molecule has 0 atom stereocenters. The zero-order chi connectivity index (χ0) is 12.6. The average molecular weight is 236 g/mol. The van der Waals surface area contributed by atoms with E-state index in [9.17, 15) is 4.79 Å². The minimum absolute atomic E-state index is 0.0559. The Morgan fingerprint density at radius 2 is 2.24 bits per heavy atom. The summed E-state index contributed by atoms with van der Waals surface area (Å²) in [5.74, 6) is -0.0559. The number of aromatic nitrogens is 2. The number of amides is 1. The van der Waals surface area contributed by atoms with E-state index < -0.39 is 0 Å². The molecule has 3 N–H and O–H groups in total. The van der Waals surface area contributed by atoms with Crippen molar-refractivity contribution < 1.29 is 4.79 Å². The quantitative estimate of drug-likeness (QED) is 0.777. The maximum atomic E-state index is 12.3. The molecule has 2 heterocycles. The Morgan fingerprint density at radius 1 is 1.53 bits per heavy atom. The van der Waals surface area contributed by atoms with Crippen LogP contribution in [0.5, 0.6) is 0 Å². The Labute approximate surface area is 101 Å². The van der Waals surface area contributed by atoms with Crippen molar-refractivity contribution in [2.45, 2.75) is 33.6 Å². The molecular weight excluding hydrogens is 216 g/mol. The summed E-state index contributed by atoms with van der Waals surface area (Å²) in [6.45, 7) is 7.77. The fourth-order valence-corrected chi connectivity index (χ4v) is 2.35. The van der Waals surface area contributed by atoms with E-state index in [0.29, 0.717) is 11.4 Å². The summed E-state index contributed by atoms with van der Waals surface area (Å²) in [5.41, 5.74) is 7.61. The number of anilines is 1. The van der Waals surface area contributed by atoms with Crippen LogP contribution in [-0.2, 0) is 0 Å². The second-order valence-corrected chi connectivity index (χ2v) is 5.61. The molecule has 2 rings (SSSR count). The first-order chi connectivity index (χ1) is 7.91. The van der Waals surface area contributed by atoms with Gasteiger partial charge in [-0.2, -0.15) is 5.10 Å². The number of aryl methyl sites for hydroxylation is 1.